The molecule has 3 N–H and O–H groups in total. The first-order chi connectivity index (χ1) is 18.5. The van der Waals surface area contributed by atoms with Crippen molar-refractivity contribution in [3.63, 3.8) is 0 Å². The van der Waals surface area contributed by atoms with Crippen LogP contribution >= 0.6 is 11.6 Å². The molecule has 0 radical (unpaired) electrons. The SMILES string of the molecule is CCCC(NC(=O)c1ccc(C2C(c3nc4ccccc4[nH]3)=CC=C[C@@H]2Cl)c(C(=O)O)c1)c1ccccn1. The van der Waals surface area contributed by atoms with Gasteiger partial charge in [0.15, 0.2) is 0 Å². The van der Waals surface area contributed by atoms with Crippen molar-refractivity contribution < 1.29 is 14.7 Å². The second-order valence-electron chi connectivity index (χ2n) is 9.21. The number of benzene rings is 2. The van der Waals surface area contributed by atoms with Crippen LogP contribution in [0.5, 0.6) is 0 Å². The molecule has 8 heteroatoms. The Morgan fingerprint density at radius 3 is 2.68 bits per heavy atom. The van der Waals surface area contributed by atoms with E-state index in [4.69, 9.17) is 16.6 Å². The van der Waals surface area contributed by atoms with Gasteiger partial charge in [0.2, 0.25) is 0 Å². The van der Waals surface area contributed by atoms with Gasteiger partial charge in [-0.25, -0.2) is 9.78 Å². The number of H-pyrrole nitrogens is 1. The van der Waals surface area contributed by atoms with E-state index in [-0.39, 0.29) is 23.1 Å². The minimum absolute atomic E-state index is 0.0236. The number of rotatable bonds is 8. The fraction of sp³-hybridized carbons (Fsp3) is 0.200. The Labute approximate surface area is 225 Å². The molecule has 192 valence electrons. The zero-order chi connectivity index (χ0) is 26.6. The maximum atomic E-state index is 13.2. The minimum Gasteiger partial charge on any atom is -0.478 e. The van der Waals surface area contributed by atoms with E-state index >= 15 is 0 Å². The number of halogens is 1. The van der Waals surface area contributed by atoms with Crippen LogP contribution in [0.4, 0.5) is 0 Å². The van der Waals surface area contributed by atoms with Crippen molar-refractivity contribution in [2.45, 2.75) is 37.1 Å². The Bertz CT molecular complexity index is 1510. The zero-order valence-corrected chi connectivity index (χ0v) is 21.5. The molecule has 2 aromatic carbocycles. The van der Waals surface area contributed by atoms with Crippen LogP contribution in [0.1, 0.15) is 69.5 Å². The third kappa shape index (κ3) is 5.10. The Kier molecular flexibility index (Phi) is 7.38. The molecule has 5 rings (SSSR count). The van der Waals surface area contributed by atoms with E-state index in [2.05, 4.69) is 15.3 Å². The second kappa shape index (κ2) is 11.0. The number of pyridine rings is 1. The lowest BCUT2D eigenvalue weighted by molar-refractivity contribution is 0.0695. The molecule has 1 aliphatic carbocycles. The van der Waals surface area contributed by atoms with E-state index < -0.39 is 17.3 Å². The van der Waals surface area contributed by atoms with Crippen molar-refractivity contribution in [2.24, 2.45) is 0 Å². The number of allylic oxidation sites excluding steroid dienone is 4. The van der Waals surface area contributed by atoms with Crippen LogP contribution in [0.3, 0.4) is 0 Å². The molecule has 4 aromatic rings. The highest BCUT2D eigenvalue weighted by Gasteiger charge is 2.32. The number of nitrogens with zero attached hydrogens (tertiary/aromatic N) is 2. The number of para-hydroxylation sites is 2. The smallest absolute Gasteiger partial charge is 0.336 e. The van der Waals surface area contributed by atoms with Gasteiger partial charge in [0.25, 0.3) is 5.91 Å². The lowest BCUT2D eigenvalue weighted by Crippen LogP contribution is -2.29. The number of aromatic nitrogens is 3. The summed E-state index contributed by atoms with van der Waals surface area (Å²) in [5.74, 6) is -1.34. The number of carboxylic acid groups (broad SMARTS) is 1. The third-order valence-corrected chi connectivity index (χ3v) is 7.09. The number of carbonyl (C=O) groups excluding carboxylic acids is 1. The third-order valence-electron chi connectivity index (χ3n) is 6.70. The van der Waals surface area contributed by atoms with Gasteiger partial charge in [-0.3, -0.25) is 9.78 Å². The minimum atomic E-state index is -1.13. The number of imidazole rings is 1. The summed E-state index contributed by atoms with van der Waals surface area (Å²) in [5, 5.41) is 12.7. The molecule has 0 saturated heterocycles. The average molecular weight is 527 g/mol. The number of hydrogen-bond acceptors (Lipinski definition) is 4. The summed E-state index contributed by atoms with van der Waals surface area (Å²) in [6.07, 6.45) is 8.83. The molecule has 0 spiro atoms. The summed E-state index contributed by atoms with van der Waals surface area (Å²) >= 11 is 6.76. The van der Waals surface area contributed by atoms with Crippen LogP contribution in [0.15, 0.2) is 85.1 Å². The van der Waals surface area contributed by atoms with E-state index in [1.165, 1.54) is 6.07 Å². The van der Waals surface area contributed by atoms with Gasteiger partial charge in [-0.15, -0.1) is 11.6 Å². The lowest BCUT2D eigenvalue weighted by atomic mass is 9.81. The molecular formula is C30H27ClN4O3. The Morgan fingerprint density at radius 2 is 1.95 bits per heavy atom. The quantitative estimate of drug-likeness (QED) is 0.234. The van der Waals surface area contributed by atoms with Crippen molar-refractivity contribution in [1.29, 1.82) is 0 Å². The number of nitrogens with one attached hydrogen (secondary N) is 2. The topological polar surface area (TPSA) is 108 Å². The Balaban J connectivity index is 1.49. The molecule has 2 aromatic heterocycles. The largest absolute Gasteiger partial charge is 0.478 e. The molecule has 2 unspecified atom stereocenters. The highest BCUT2D eigenvalue weighted by atomic mass is 35.5. The van der Waals surface area contributed by atoms with E-state index in [0.29, 0.717) is 17.8 Å². The fourth-order valence-electron chi connectivity index (χ4n) is 4.87. The number of carboxylic acids is 1. The zero-order valence-electron chi connectivity index (χ0n) is 20.8. The number of alkyl halides is 1. The average Bonchev–Trinajstić information content (AvgIpc) is 3.37. The molecule has 1 amide bonds. The molecule has 0 aliphatic heterocycles. The second-order valence-corrected chi connectivity index (χ2v) is 9.71. The van der Waals surface area contributed by atoms with Gasteiger partial charge in [0.1, 0.15) is 5.82 Å². The lowest BCUT2D eigenvalue weighted by Gasteiger charge is -2.27. The summed E-state index contributed by atoms with van der Waals surface area (Å²) in [4.78, 5) is 38.1. The molecule has 0 fully saturated rings. The predicted octanol–water partition coefficient (Wildman–Crippen LogP) is 6.27. The molecule has 38 heavy (non-hydrogen) atoms. The van der Waals surface area contributed by atoms with E-state index in [9.17, 15) is 14.7 Å². The Morgan fingerprint density at radius 1 is 1.13 bits per heavy atom. The van der Waals surface area contributed by atoms with Gasteiger partial charge in [-0.05, 0) is 48.4 Å². The van der Waals surface area contributed by atoms with Crippen molar-refractivity contribution in [1.82, 2.24) is 20.3 Å². The molecule has 0 bridgehead atoms. The molecule has 2 heterocycles. The highest BCUT2D eigenvalue weighted by Crippen LogP contribution is 2.41. The summed E-state index contributed by atoms with van der Waals surface area (Å²) in [7, 11) is 0. The summed E-state index contributed by atoms with van der Waals surface area (Å²) in [6, 6.07) is 17.7. The number of fused-ring (bicyclic) bond motifs is 1. The number of carbonyl (C=O) groups is 2. The number of aromatic carboxylic acids is 1. The van der Waals surface area contributed by atoms with Gasteiger partial charge >= 0.3 is 5.97 Å². The fourth-order valence-corrected chi connectivity index (χ4v) is 5.22. The van der Waals surface area contributed by atoms with Gasteiger partial charge in [-0.1, -0.05) is 55.8 Å². The van der Waals surface area contributed by atoms with Gasteiger partial charge < -0.3 is 15.4 Å². The normalized spacial score (nSPS) is 17.7. The van der Waals surface area contributed by atoms with Gasteiger partial charge in [0, 0.05) is 23.3 Å². The maximum Gasteiger partial charge on any atom is 0.336 e. The first-order valence-electron chi connectivity index (χ1n) is 12.5. The molecule has 0 saturated carbocycles. The van der Waals surface area contributed by atoms with Gasteiger partial charge in [0.05, 0.1) is 33.7 Å². The van der Waals surface area contributed by atoms with Crippen molar-refractivity contribution in [3.05, 3.63) is 113 Å². The molecule has 7 nitrogen and oxygen atoms in total. The van der Waals surface area contributed by atoms with Crippen molar-refractivity contribution in [2.75, 3.05) is 0 Å². The van der Waals surface area contributed by atoms with E-state index in [1.807, 2.05) is 67.6 Å². The first kappa shape index (κ1) is 25.4. The highest BCUT2D eigenvalue weighted by molar-refractivity contribution is 6.23. The van der Waals surface area contributed by atoms with Gasteiger partial charge in [-0.2, -0.15) is 0 Å². The van der Waals surface area contributed by atoms with Crippen molar-refractivity contribution in [3.8, 4) is 0 Å². The predicted molar refractivity (Wildman–Crippen MR) is 148 cm³/mol. The van der Waals surface area contributed by atoms with Crippen LogP contribution in [0.2, 0.25) is 0 Å². The standard InChI is InChI=1S/C30H27ClN4O3/c1-2-8-24(23-11-5-6-16-32-23)35-29(36)18-14-15-19(21(17-18)30(37)38)27-20(9-7-10-22(27)31)28-33-25-12-3-4-13-26(25)34-28/h3-7,9-17,22,24,27H,2,8H2,1H3,(H,33,34)(H,35,36)(H,37,38)/t22-,24?,27?/m0/s1. The molecule has 3 atom stereocenters. The number of aromatic amines is 1. The van der Waals surface area contributed by atoms with E-state index in [0.717, 1.165) is 28.7 Å². The maximum absolute atomic E-state index is 13.2. The Hall–Kier alpha value is -4.23. The molecule has 1 aliphatic rings. The van der Waals surface area contributed by atoms with Crippen LogP contribution in [-0.2, 0) is 0 Å². The summed E-state index contributed by atoms with van der Waals surface area (Å²) in [5.41, 5.74) is 4.02. The monoisotopic (exact) mass is 526 g/mol. The molecular weight excluding hydrogens is 500 g/mol. The number of hydrogen-bond donors (Lipinski definition) is 3. The van der Waals surface area contributed by atoms with E-state index in [1.54, 1.807) is 18.3 Å². The first-order valence-corrected chi connectivity index (χ1v) is 13.0. The van der Waals surface area contributed by atoms with Crippen LogP contribution in [0.25, 0.3) is 16.6 Å². The van der Waals surface area contributed by atoms with Crippen LogP contribution < -0.4 is 5.32 Å². The summed E-state index contributed by atoms with van der Waals surface area (Å²) < 4.78 is 0. The summed E-state index contributed by atoms with van der Waals surface area (Å²) in [6.45, 7) is 2.04. The van der Waals surface area contributed by atoms with Crippen LogP contribution in [0, 0.1) is 0 Å². The number of amides is 1. The van der Waals surface area contributed by atoms with Crippen LogP contribution in [-0.4, -0.2) is 37.3 Å². The van der Waals surface area contributed by atoms with Crippen molar-refractivity contribution >= 4 is 40.1 Å².